The molecule has 2 rings (SSSR count). The molecule has 1 fully saturated rings. The van der Waals surface area contributed by atoms with Crippen molar-refractivity contribution >= 4 is 21.6 Å². The second-order valence-corrected chi connectivity index (χ2v) is 5.29. The zero-order valence-corrected chi connectivity index (χ0v) is 11.5. The van der Waals surface area contributed by atoms with Gasteiger partial charge in [-0.25, -0.2) is 4.39 Å². The van der Waals surface area contributed by atoms with Gasteiger partial charge in [0.2, 0.25) is 0 Å². The summed E-state index contributed by atoms with van der Waals surface area (Å²) in [5, 5.41) is 3.27. The molecule has 0 aliphatic carbocycles. The van der Waals surface area contributed by atoms with Gasteiger partial charge >= 0.3 is 0 Å². The van der Waals surface area contributed by atoms with Crippen molar-refractivity contribution in [3.8, 4) is 0 Å². The maximum absolute atomic E-state index is 13.4. The minimum absolute atomic E-state index is 0.227. The summed E-state index contributed by atoms with van der Waals surface area (Å²) in [6, 6.07) is 3.33. The molecule has 1 aromatic rings. The van der Waals surface area contributed by atoms with Gasteiger partial charge in [0, 0.05) is 18.8 Å². The Morgan fingerprint density at radius 1 is 1.53 bits per heavy atom. The third kappa shape index (κ3) is 3.42. The van der Waals surface area contributed by atoms with E-state index in [0.717, 1.165) is 43.7 Å². The molecule has 1 heterocycles. The van der Waals surface area contributed by atoms with Crippen LogP contribution >= 0.6 is 15.9 Å². The lowest BCUT2D eigenvalue weighted by Gasteiger charge is -2.13. The fourth-order valence-corrected chi connectivity index (χ4v) is 2.53. The molecule has 0 spiro atoms. The van der Waals surface area contributed by atoms with E-state index in [2.05, 4.69) is 21.2 Å². The molecule has 0 saturated carbocycles. The molecule has 1 saturated heterocycles. The SMILES string of the molecule is Cc1cc(Br)c(F)cc1NCCC1CCCO1. The Morgan fingerprint density at radius 2 is 2.35 bits per heavy atom. The zero-order valence-electron chi connectivity index (χ0n) is 9.93. The Hall–Kier alpha value is -0.610. The number of anilines is 1. The van der Waals surface area contributed by atoms with Gasteiger partial charge < -0.3 is 10.1 Å². The predicted octanol–water partition coefficient (Wildman–Crippen LogP) is 3.88. The lowest BCUT2D eigenvalue weighted by molar-refractivity contribution is 0.107. The number of nitrogens with one attached hydrogen (secondary N) is 1. The number of hydrogen-bond donors (Lipinski definition) is 1. The first-order valence-corrected chi connectivity index (χ1v) is 6.77. The highest BCUT2D eigenvalue weighted by Gasteiger charge is 2.14. The maximum Gasteiger partial charge on any atom is 0.139 e. The van der Waals surface area contributed by atoms with Gasteiger partial charge in [-0.1, -0.05) is 0 Å². The van der Waals surface area contributed by atoms with Crippen molar-refractivity contribution in [2.45, 2.75) is 32.3 Å². The van der Waals surface area contributed by atoms with Crippen LogP contribution in [0, 0.1) is 12.7 Å². The van der Waals surface area contributed by atoms with E-state index in [4.69, 9.17) is 4.74 Å². The van der Waals surface area contributed by atoms with E-state index < -0.39 is 0 Å². The second kappa shape index (κ2) is 5.83. The molecule has 0 aromatic heterocycles. The van der Waals surface area contributed by atoms with E-state index in [1.165, 1.54) is 6.07 Å². The van der Waals surface area contributed by atoms with E-state index in [1.54, 1.807) is 6.07 Å². The third-order valence-corrected chi connectivity index (χ3v) is 3.68. The van der Waals surface area contributed by atoms with Crippen LogP contribution in [0.3, 0.4) is 0 Å². The Bertz CT molecular complexity index is 391. The first-order valence-electron chi connectivity index (χ1n) is 5.98. The lowest BCUT2D eigenvalue weighted by atomic mass is 10.1. The quantitative estimate of drug-likeness (QED) is 0.911. The monoisotopic (exact) mass is 301 g/mol. The molecule has 0 radical (unpaired) electrons. The van der Waals surface area contributed by atoms with Crippen LogP contribution in [-0.4, -0.2) is 19.3 Å². The van der Waals surface area contributed by atoms with Crippen molar-refractivity contribution in [1.29, 1.82) is 0 Å². The second-order valence-electron chi connectivity index (χ2n) is 4.43. The van der Waals surface area contributed by atoms with Gasteiger partial charge in [-0.2, -0.15) is 0 Å². The van der Waals surface area contributed by atoms with E-state index in [0.29, 0.717) is 10.6 Å². The summed E-state index contributed by atoms with van der Waals surface area (Å²) in [6.45, 7) is 3.68. The van der Waals surface area contributed by atoms with Crippen LogP contribution in [0.5, 0.6) is 0 Å². The minimum atomic E-state index is -0.227. The van der Waals surface area contributed by atoms with Crippen molar-refractivity contribution in [2.75, 3.05) is 18.5 Å². The van der Waals surface area contributed by atoms with Crippen molar-refractivity contribution < 1.29 is 9.13 Å². The average molecular weight is 302 g/mol. The average Bonchev–Trinajstić information content (AvgIpc) is 2.78. The summed E-state index contributed by atoms with van der Waals surface area (Å²) >= 11 is 3.18. The Morgan fingerprint density at radius 3 is 3.06 bits per heavy atom. The fraction of sp³-hybridized carbons (Fsp3) is 0.538. The Balaban J connectivity index is 1.87. The normalized spacial score (nSPS) is 19.6. The number of ether oxygens (including phenoxy) is 1. The van der Waals surface area contributed by atoms with E-state index >= 15 is 0 Å². The van der Waals surface area contributed by atoms with Gasteiger partial charge in [0.05, 0.1) is 10.6 Å². The number of aryl methyl sites for hydroxylation is 1. The van der Waals surface area contributed by atoms with Gasteiger partial charge in [-0.3, -0.25) is 0 Å². The highest BCUT2D eigenvalue weighted by molar-refractivity contribution is 9.10. The van der Waals surface area contributed by atoms with Gasteiger partial charge in [0.15, 0.2) is 0 Å². The van der Waals surface area contributed by atoms with Crippen molar-refractivity contribution in [3.05, 3.63) is 28.0 Å². The molecule has 1 unspecified atom stereocenters. The molecule has 4 heteroatoms. The van der Waals surface area contributed by atoms with Crippen molar-refractivity contribution in [3.63, 3.8) is 0 Å². The summed E-state index contributed by atoms with van der Waals surface area (Å²) in [4.78, 5) is 0. The van der Waals surface area contributed by atoms with Crippen molar-refractivity contribution in [1.82, 2.24) is 0 Å². The minimum Gasteiger partial charge on any atom is -0.385 e. The molecule has 94 valence electrons. The molecular weight excluding hydrogens is 285 g/mol. The summed E-state index contributed by atoms with van der Waals surface area (Å²) in [5.74, 6) is -0.227. The fourth-order valence-electron chi connectivity index (χ4n) is 2.08. The van der Waals surface area contributed by atoms with Crippen LogP contribution in [0.1, 0.15) is 24.8 Å². The summed E-state index contributed by atoms with van der Waals surface area (Å²) in [7, 11) is 0. The van der Waals surface area contributed by atoms with E-state index in [9.17, 15) is 4.39 Å². The highest BCUT2D eigenvalue weighted by Crippen LogP contribution is 2.24. The molecule has 0 bridgehead atoms. The van der Waals surface area contributed by atoms with Crippen LogP contribution < -0.4 is 5.32 Å². The third-order valence-electron chi connectivity index (χ3n) is 3.07. The van der Waals surface area contributed by atoms with Crippen LogP contribution in [0.4, 0.5) is 10.1 Å². The lowest BCUT2D eigenvalue weighted by Crippen LogP contribution is -2.13. The topological polar surface area (TPSA) is 21.3 Å². The van der Waals surface area contributed by atoms with E-state index in [-0.39, 0.29) is 5.82 Å². The van der Waals surface area contributed by atoms with E-state index in [1.807, 2.05) is 6.92 Å². The summed E-state index contributed by atoms with van der Waals surface area (Å²) < 4.78 is 19.4. The molecule has 17 heavy (non-hydrogen) atoms. The first-order chi connectivity index (χ1) is 8.16. The molecule has 0 amide bonds. The highest BCUT2D eigenvalue weighted by atomic mass is 79.9. The maximum atomic E-state index is 13.4. The molecule has 1 atom stereocenters. The standard InChI is InChI=1S/C13H17BrFNO/c1-9-7-11(14)12(15)8-13(9)16-5-4-10-3-2-6-17-10/h7-8,10,16H,2-6H2,1H3. The number of benzene rings is 1. The van der Waals surface area contributed by atoms with Crippen LogP contribution in [0.2, 0.25) is 0 Å². The van der Waals surface area contributed by atoms with Gasteiger partial charge in [-0.15, -0.1) is 0 Å². The molecule has 1 aliphatic heterocycles. The number of rotatable bonds is 4. The largest absolute Gasteiger partial charge is 0.385 e. The zero-order chi connectivity index (χ0) is 12.3. The molecule has 1 aliphatic rings. The Kier molecular flexibility index (Phi) is 4.40. The first kappa shape index (κ1) is 12.8. The van der Waals surface area contributed by atoms with Gasteiger partial charge in [-0.05, 0) is 59.8 Å². The summed E-state index contributed by atoms with van der Waals surface area (Å²) in [6.07, 6.45) is 3.67. The smallest absolute Gasteiger partial charge is 0.139 e. The number of halogens is 2. The summed E-state index contributed by atoms with van der Waals surface area (Å²) in [5.41, 5.74) is 1.91. The van der Waals surface area contributed by atoms with Crippen LogP contribution in [-0.2, 0) is 4.74 Å². The molecule has 1 N–H and O–H groups in total. The molecule has 2 nitrogen and oxygen atoms in total. The predicted molar refractivity (Wildman–Crippen MR) is 70.9 cm³/mol. The van der Waals surface area contributed by atoms with Crippen LogP contribution in [0.15, 0.2) is 16.6 Å². The van der Waals surface area contributed by atoms with Crippen molar-refractivity contribution in [2.24, 2.45) is 0 Å². The molecular formula is C13H17BrFNO. The Labute approximate surface area is 110 Å². The van der Waals surface area contributed by atoms with Crippen LogP contribution in [0.25, 0.3) is 0 Å². The molecule has 1 aromatic carbocycles. The van der Waals surface area contributed by atoms with Gasteiger partial charge in [0.1, 0.15) is 5.82 Å². The number of hydrogen-bond acceptors (Lipinski definition) is 2. The van der Waals surface area contributed by atoms with Gasteiger partial charge in [0.25, 0.3) is 0 Å².